The van der Waals surface area contributed by atoms with E-state index in [4.69, 9.17) is 9.47 Å². The molecule has 0 bridgehead atoms. The Bertz CT molecular complexity index is 527. The maximum Gasteiger partial charge on any atom is 0.223 e. The molecule has 1 saturated heterocycles. The van der Waals surface area contributed by atoms with Crippen LogP contribution in [-0.2, 0) is 11.2 Å². The number of ether oxygens (including phenoxy) is 2. The lowest BCUT2D eigenvalue weighted by molar-refractivity contribution is -0.129. The lowest BCUT2D eigenvalue weighted by Crippen LogP contribution is -2.30. The summed E-state index contributed by atoms with van der Waals surface area (Å²) in [4.78, 5) is 14.1. The summed E-state index contributed by atoms with van der Waals surface area (Å²) in [5, 5.41) is 0. The maximum absolute atomic E-state index is 12.0. The van der Waals surface area contributed by atoms with Crippen molar-refractivity contribution in [3.63, 3.8) is 0 Å². The second-order valence-electron chi connectivity index (χ2n) is 5.50. The minimum Gasteiger partial charge on any atom is -0.493 e. The number of fused-ring (bicyclic) bond motifs is 3. The highest BCUT2D eigenvalue weighted by Gasteiger charge is 2.34. The molecule has 2 aliphatic heterocycles. The number of carbonyl (C=O) groups excluding carboxylic acids is 1. The monoisotopic (exact) mass is 275 g/mol. The van der Waals surface area contributed by atoms with Crippen molar-refractivity contribution in [3.8, 4) is 11.5 Å². The molecule has 0 N–H and O–H groups in total. The van der Waals surface area contributed by atoms with E-state index in [1.807, 2.05) is 4.90 Å². The van der Waals surface area contributed by atoms with E-state index in [0.717, 1.165) is 43.7 Å². The average Bonchev–Trinajstić information content (AvgIpc) is 2.80. The Morgan fingerprint density at radius 1 is 1.10 bits per heavy atom. The van der Waals surface area contributed by atoms with Gasteiger partial charge in [-0.15, -0.1) is 0 Å². The van der Waals surface area contributed by atoms with Gasteiger partial charge >= 0.3 is 0 Å². The van der Waals surface area contributed by atoms with Crippen molar-refractivity contribution in [2.24, 2.45) is 0 Å². The van der Waals surface area contributed by atoms with Crippen molar-refractivity contribution in [1.29, 1.82) is 0 Å². The van der Waals surface area contributed by atoms with E-state index < -0.39 is 0 Å². The maximum atomic E-state index is 12.0. The van der Waals surface area contributed by atoms with Crippen LogP contribution >= 0.6 is 0 Å². The zero-order chi connectivity index (χ0) is 14.1. The Labute approximate surface area is 119 Å². The number of carbonyl (C=O) groups is 1. The van der Waals surface area contributed by atoms with Crippen LogP contribution in [0.15, 0.2) is 12.1 Å². The summed E-state index contributed by atoms with van der Waals surface area (Å²) in [7, 11) is 3.32. The van der Waals surface area contributed by atoms with Crippen molar-refractivity contribution in [1.82, 2.24) is 4.90 Å². The van der Waals surface area contributed by atoms with Gasteiger partial charge in [0.25, 0.3) is 0 Å². The molecule has 0 spiro atoms. The van der Waals surface area contributed by atoms with Gasteiger partial charge in [-0.1, -0.05) is 0 Å². The smallest absolute Gasteiger partial charge is 0.223 e. The number of amides is 1. The van der Waals surface area contributed by atoms with Gasteiger partial charge < -0.3 is 14.4 Å². The third kappa shape index (κ3) is 2.13. The molecule has 3 rings (SSSR count). The van der Waals surface area contributed by atoms with Crippen LogP contribution in [-0.4, -0.2) is 31.6 Å². The second kappa shape index (κ2) is 5.35. The molecule has 1 fully saturated rings. The molecular weight excluding hydrogens is 254 g/mol. The van der Waals surface area contributed by atoms with Crippen LogP contribution in [0.2, 0.25) is 0 Å². The van der Waals surface area contributed by atoms with Gasteiger partial charge in [0.05, 0.1) is 20.3 Å². The molecular formula is C16H21NO3. The van der Waals surface area contributed by atoms with Crippen molar-refractivity contribution >= 4 is 5.91 Å². The standard InChI is InChI=1S/C16H21NO3/c1-19-14-9-11-5-3-4-8-17-13(6-7-16(17)18)12(11)10-15(14)20-2/h9-10,13H,3-8H2,1-2H3. The van der Waals surface area contributed by atoms with Gasteiger partial charge in [0.15, 0.2) is 11.5 Å². The van der Waals surface area contributed by atoms with Crippen molar-refractivity contribution in [2.75, 3.05) is 20.8 Å². The third-order valence-corrected chi connectivity index (χ3v) is 4.43. The molecule has 1 aromatic carbocycles. The molecule has 20 heavy (non-hydrogen) atoms. The summed E-state index contributed by atoms with van der Waals surface area (Å²) in [6.07, 6.45) is 4.82. The van der Waals surface area contributed by atoms with Crippen LogP contribution in [0.5, 0.6) is 11.5 Å². The molecule has 1 atom stereocenters. The number of methoxy groups -OCH3 is 2. The molecule has 4 nitrogen and oxygen atoms in total. The summed E-state index contributed by atoms with van der Waals surface area (Å²) < 4.78 is 10.8. The molecule has 4 heteroatoms. The van der Waals surface area contributed by atoms with Gasteiger partial charge in [-0.2, -0.15) is 0 Å². The predicted molar refractivity (Wildman–Crippen MR) is 76.2 cm³/mol. The second-order valence-corrected chi connectivity index (χ2v) is 5.50. The van der Waals surface area contributed by atoms with Crippen molar-refractivity contribution in [3.05, 3.63) is 23.3 Å². The Morgan fingerprint density at radius 2 is 1.85 bits per heavy atom. The molecule has 0 radical (unpaired) electrons. The Kier molecular flexibility index (Phi) is 3.55. The first-order valence-electron chi connectivity index (χ1n) is 7.29. The van der Waals surface area contributed by atoms with Crippen LogP contribution in [0.1, 0.15) is 42.9 Å². The van der Waals surface area contributed by atoms with Gasteiger partial charge in [-0.3, -0.25) is 4.79 Å². The lowest BCUT2D eigenvalue weighted by Gasteiger charge is -2.30. The number of aryl methyl sites for hydroxylation is 1. The number of benzene rings is 1. The van der Waals surface area contributed by atoms with Gasteiger partial charge in [-0.05, 0) is 48.9 Å². The topological polar surface area (TPSA) is 38.8 Å². The average molecular weight is 275 g/mol. The lowest BCUT2D eigenvalue weighted by atomic mass is 9.92. The summed E-state index contributed by atoms with van der Waals surface area (Å²) in [5.74, 6) is 1.83. The van der Waals surface area contributed by atoms with E-state index in [0.29, 0.717) is 6.42 Å². The molecule has 1 unspecified atom stereocenters. The molecule has 2 heterocycles. The highest BCUT2D eigenvalue weighted by atomic mass is 16.5. The van der Waals surface area contributed by atoms with E-state index in [1.165, 1.54) is 11.1 Å². The SMILES string of the molecule is COc1cc2c(cc1OC)C1CCC(=O)N1CCCC2. The Morgan fingerprint density at radius 3 is 2.60 bits per heavy atom. The molecule has 108 valence electrons. The molecule has 2 aliphatic rings. The summed E-state index contributed by atoms with van der Waals surface area (Å²) >= 11 is 0. The van der Waals surface area contributed by atoms with Crippen LogP contribution in [0.4, 0.5) is 0 Å². The summed E-state index contributed by atoms with van der Waals surface area (Å²) in [6, 6.07) is 4.37. The predicted octanol–water partition coefficient (Wildman–Crippen LogP) is 2.70. The zero-order valence-electron chi connectivity index (χ0n) is 12.1. The first-order valence-corrected chi connectivity index (χ1v) is 7.29. The van der Waals surface area contributed by atoms with Crippen LogP contribution in [0.25, 0.3) is 0 Å². The van der Waals surface area contributed by atoms with E-state index in [9.17, 15) is 4.79 Å². The third-order valence-electron chi connectivity index (χ3n) is 4.43. The minimum atomic E-state index is 0.220. The largest absolute Gasteiger partial charge is 0.493 e. The highest BCUT2D eigenvalue weighted by molar-refractivity contribution is 5.79. The van der Waals surface area contributed by atoms with Crippen LogP contribution in [0.3, 0.4) is 0 Å². The number of hydrogen-bond donors (Lipinski definition) is 0. The number of nitrogens with zero attached hydrogens (tertiary/aromatic N) is 1. The molecule has 0 aromatic heterocycles. The van der Waals surface area contributed by atoms with Crippen LogP contribution in [0, 0.1) is 0 Å². The van der Waals surface area contributed by atoms with Gasteiger partial charge in [0.2, 0.25) is 5.91 Å². The zero-order valence-corrected chi connectivity index (χ0v) is 12.1. The van der Waals surface area contributed by atoms with Gasteiger partial charge in [0, 0.05) is 13.0 Å². The first kappa shape index (κ1) is 13.3. The van der Waals surface area contributed by atoms with Gasteiger partial charge in [0.1, 0.15) is 0 Å². The quantitative estimate of drug-likeness (QED) is 0.833. The van der Waals surface area contributed by atoms with E-state index in [2.05, 4.69) is 12.1 Å². The molecule has 1 amide bonds. The Balaban J connectivity index is 2.08. The normalized spacial score (nSPS) is 21.8. The summed E-state index contributed by atoms with van der Waals surface area (Å²) in [6.45, 7) is 0.886. The van der Waals surface area contributed by atoms with Crippen LogP contribution < -0.4 is 9.47 Å². The number of rotatable bonds is 2. The number of hydrogen-bond acceptors (Lipinski definition) is 3. The fourth-order valence-electron chi connectivity index (χ4n) is 3.40. The molecule has 0 saturated carbocycles. The Hall–Kier alpha value is -1.71. The van der Waals surface area contributed by atoms with E-state index in [1.54, 1.807) is 14.2 Å². The van der Waals surface area contributed by atoms with Crippen molar-refractivity contribution in [2.45, 2.75) is 38.1 Å². The van der Waals surface area contributed by atoms with Gasteiger partial charge in [-0.25, -0.2) is 0 Å². The first-order chi connectivity index (χ1) is 9.74. The van der Waals surface area contributed by atoms with E-state index in [-0.39, 0.29) is 11.9 Å². The molecule has 1 aromatic rings. The fraction of sp³-hybridized carbons (Fsp3) is 0.562. The molecule has 0 aliphatic carbocycles. The summed E-state index contributed by atoms with van der Waals surface area (Å²) in [5.41, 5.74) is 2.54. The minimum absolute atomic E-state index is 0.220. The highest BCUT2D eigenvalue weighted by Crippen LogP contribution is 2.41. The van der Waals surface area contributed by atoms with Crippen molar-refractivity contribution < 1.29 is 14.3 Å². The van der Waals surface area contributed by atoms with E-state index >= 15 is 0 Å². The fourth-order valence-corrected chi connectivity index (χ4v) is 3.40.